The topological polar surface area (TPSA) is 68.2 Å². The molecule has 1 rings (SSSR count). The molecule has 0 fully saturated rings. The van der Waals surface area contributed by atoms with E-state index < -0.39 is 0 Å². The van der Waals surface area contributed by atoms with Crippen molar-refractivity contribution in [2.75, 3.05) is 26.8 Å². The number of methoxy groups -OCH3 is 1. The Hall–Kier alpha value is -1.40. The molecule has 0 aliphatic heterocycles. The lowest BCUT2D eigenvalue weighted by molar-refractivity contribution is -0.122. The largest absolute Gasteiger partial charge is 0.385 e. The average molecular weight is 296 g/mol. The zero-order valence-corrected chi connectivity index (χ0v) is 13.6. The first-order valence-corrected chi connectivity index (χ1v) is 7.55. The van der Waals surface area contributed by atoms with Crippen molar-refractivity contribution in [1.82, 2.24) is 20.4 Å². The van der Waals surface area contributed by atoms with Crippen molar-refractivity contribution in [2.24, 2.45) is 0 Å². The zero-order chi connectivity index (χ0) is 15.7. The van der Waals surface area contributed by atoms with Crippen LogP contribution in [0.25, 0.3) is 0 Å². The van der Waals surface area contributed by atoms with E-state index in [0.717, 1.165) is 31.6 Å². The summed E-state index contributed by atoms with van der Waals surface area (Å²) in [5.74, 6) is 0.0391. The van der Waals surface area contributed by atoms with Crippen LogP contribution in [0, 0.1) is 13.8 Å². The highest BCUT2D eigenvalue weighted by Gasteiger charge is 2.10. The zero-order valence-electron chi connectivity index (χ0n) is 13.6. The molecule has 0 saturated heterocycles. The summed E-state index contributed by atoms with van der Waals surface area (Å²) in [7, 11) is 1.66. The molecule has 1 amide bonds. The first-order chi connectivity index (χ1) is 10.0. The summed E-state index contributed by atoms with van der Waals surface area (Å²) in [5, 5.41) is 10.5. The van der Waals surface area contributed by atoms with E-state index in [9.17, 15) is 4.79 Å². The summed E-state index contributed by atoms with van der Waals surface area (Å²) in [6.07, 6.45) is 1.79. The third-order valence-electron chi connectivity index (χ3n) is 3.32. The maximum Gasteiger partial charge on any atom is 0.236 e. The molecular formula is C15H28N4O2. The number of hydrogen-bond acceptors (Lipinski definition) is 4. The van der Waals surface area contributed by atoms with Crippen molar-refractivity contribution in [3.8, 4) is 0 Å². The molecule has 0 bridgehead atoms. The smallest absolute Gasteiger partial charge is 0.236 e. The van der Waals surface area contributed by atoms with E-state index in [2.05, 4.69) is 28.7 Å². The normalized spacial score (nSPS) is 12.4. The van der Waals surface area contributed by atoms with Crippen molar-refractivity contribution in [2.45, 2.75) is 46.2 Å². The van der Waals surface area contributed by atoms with E-state index in [1.165, 1.54) is 5.69 Å². The molecule has 1 aromatic rings. The molecule has 1 heterocycles. The van der Waals surface area contributed by atoms with E-state index in [1.807, 2.05) is 18.5 Å². The predicted molar refractivity (Wildman–Crippen MR) is 83.3 cm³/mol. The first-order valence-electron chi connectivity index (χ1n) is 7.55. The number of rotatable bonds is 10. The van der Waals surface area contributed by atoms with Crippen LogP contribution >= 0.6 is 0 Å². The van der Waals surface area contributed by atoms with Gasteiger partial charge in [-0.3, -0.25) is 9.48 Å². The Balaban J connectivity index is 2.13. The predicted octanol–water partition coefficient (Wildman–Crippen LogP) is 1.02. The van der Waals surface area contributed by atoms with Gasteiger partial charge in [0.1, 0.15) is 0 Å². The van der Waals surface area contributed by atoms with Crippen molar-refractivity contribution in [3.63, 3.8) is 0 Å². The van der Waals surface area contributed by atoms with Crippen molar-refractivity contribution < 1.29 is 9.53 Å². The fourth-order valence-corrected chi connectivity index (χ4v) is 2.12. The molecule has 0 aromatic carbocycles. The average Bonchev–Trinajstić information content (AvgIpc) is 2.77. The van der Waals surface area contributed by atoms with Crippen molar-refractivity contribution in [1.29, 1.82) is 0 Å². The van der Waals surface area contributed by atoms with Crippen molar-refractivity contribution in [3.05, 3.63) is 17.5 Å². The number of hydrogen-bond donors (Lipinski definition) is 2. The Morgan fingerprint density at radius 2 is 2.14 bits per heavy atom. The maximum absolute atomic E-state index is 11.8. The molecule has 21 heavy (non-hydrogen) atoms. The maximum atomic E-state index is 11.8. The summed E-state index contributed by atoms with van der Waals surface area (Å²) in [6.45, 7) is 8.94. The van der Waals surface area contributed by atoms with Crippen LogP contribution in [0.5, 0.6) is 0 Å². The van der Waals surface area contributed by atoms with Crippen LogP contribution in [0.1, 0.15) is 31.2 Å². The Morgan fingerprint density at radius 1 is 1.38 bits per heavy atom. The number of carbonyl (C=O) groups excluding carboxylic acids is 1. The van der Waals surface area contributed by atoms with Gasteiger partial charge in [-0.15, -0.1) is 0 Å². The lowest BCUT2D eigenvalue weighted by Gasteiger charge is -2.14. The monoisotopic (exact) mass is 296 g/mol. The van der Waals surface area contributed by atoms with Gasteiger partial charge in [0.15, 0.2) is 0 Å². The van der Waals surface area contributed by atoms with E-state index in [1.54, 1.807) is 7.11 Å². The SMILES string of the molecule is COCCCNC(=O)C(C)NCCCn1nc(C)cc1C. The Bertz CT molecular complexity index is 431. The van der Waals surface area contributed by atoms with Gasteiger partial charge in [0.25, 0.3) is 0 Å². The van der Waals surface area contributed by atoms with Gasteiger partial charge in [-0.05, 0) is 46.2 Å². The van der Waals surface area contributed by atoms with E-state index in [4.69, 9.17) is 4.74 Å². The molecule has 0 saturated carbocycles. The Morgan fingerprint density at radius 3 is 2.76 bits per heavy atom. The molecule has 2 N–H and O–H groups in total. The molecule has 0 radical (unpaired) electrons. The molecule has 120 valence electrons. The standard InChI is InChI=1S/C15H28N4O2/c1-12-11-13(2)19(18-12)9-5-7-16-14(3)15(20)17-8-6-10-21-4/h11,14,16H,5-10H2,1-4H3,(H,17,20). The highest BCUT2D eigenvalue weighted by atomic mass is 16.5. The number of ether oxygens (including phenoxy) is 1. The summed E-state index contributed by atoms with van der Waals surface area (Å²) >= 11 is 0. The Kier molecular flexibility index (Phi) is 8.00. The minimum atomic E-state index is -0.173. The van der Waals surface area contributed by atoms with Crippen LogP contribution < -0.4 is 10.6 Å². The minimum Gasteiger partial charge on any atom is -0.385 e. The number of aryl methyl sites for hydroxylation is 3. The number of carbonyl (C=O) groups is 1. The van der Waals surface area contributed by atoms with Gasteiger partial charge < -0.3 is 15.4 Å². The second-order valence-electron chi connectivity index (χ2n) is 5.32. The summed E-state index contributed by atoms with van der Waals surface area (Å²) in [5.41, 5.74) is 2.22. The van der Waals surface area contributed by atoms with Crippen LogP contribution in [0.2, 0.25) is 0 Å². The van der Waals surface area contributed by atoms with Crippen LogP contribution in [0.3, 0.4) is 0 Å². The van der Waals surface area contributed by atoms with Crippen LogP contribution in [-0.2, 0) is 16.1 Å². The second kappa shape index (κ2) is 9.52. The second-order valence-corrected chi connectivity index (χ2v) is 5.32. The molecule has 1 aromatic heterocycles. The van der Waals surface area contributed by atoms with E-state index in [-0.39, 0.29) is 11.9 Å². The van der Waals surface area contributed by atoms with Gasteiger partial charge in [-0.25, -0.2) is 0 Å². The van der Waals surface area contributed by atoms with Crippen LogP contribution in [-0.4, -0.2) is 48.5 Å². The summed E-state index contributed by atoms with van der Waals surface area (Å²) in [4.78, 5) is 11.8. The quantitative estimate of drug-likeness (QED) is 0.633. The number of nitrogens with one attached hydrogen (secondary N) is 2. The van der Waals surface area contributed by atoms with Gasteiger partial charge in [-0.2, -0.15) is 5.10 Å². The fraction of sp³-hybridized carbons (Fsp3) is 0.733. The summed E-state index contributed by atoms with van der Waals surface area (Å²) < 4.78 is 6.95. The molecule has 0 aliphatic rings. The van der Waals surface area contributed by atoms with Gasteiger partial charge in [-0.1, -0.05) is 0 Å². The Labute approximate surface area is 127 Å². The molecule has 6 nitrogen and oxygen atoms in total. The van der Waals surface area contributed by atoms with E-state index >= 15 is 0 Å². The first kappa shape index (κ1) is 17.7. The van der Waals surface area contributed by atoms with Crippen LogP contribution in [0.4, 0.5) is 0 Å². The number of amides is 1. The molecule has 1 unspecified atom stereocenters. The lowest BCUT2D eigenvalue weighted by atomic mass is 10.3. The van der Waals surface area contributed by atoms with Gasteiger partial charge in [0.2, 0.25) is 5.91 Å². The van der Waals surface area contributed by atoms with Gasteiger partial charge in [0.05, 0.1) is 11.7 Å². The molecule has 0 aliphatic carbocycles. The molecule has 6 heteroatoms. The van der Waals surface area contributed by atoms with E-state index in [0.29, 0.717) is 13.2 Å². The number of nitrogens with zero attached hydrogens (tertiary/aromatic N) is 2. The molecular weight excluding hydrogens is 268 g/mol. The summed E-state index contributed by atoms with van der Waals surface area (Å²) in [6, 6.07) is 1.90. The fourth-order valence-electron chi connectivity index (χ4n) is 2.12. The van der Waals surface area contributed by atoms with Crippen LogP contribution in [0.15, 0.2) is 6.07 Å². The molecule has 0 spiro atoms. The third-order valence-corrected chi connectivity index (χ3v) is 3.32. The third kappa shape index (κ3) is 6.73. The van der Waals surface area contributed by atoms with Gasteiger partial charge in [0, 0.05) is 32.5 Å². The lowest BCUT2D eigenvalue weighted by Crippen LogP contribution is -2.43. The highest BCUT2D eigenvalue weighted by molar-refractivity contribution is 5.81. The number of aromatic nitrogens is 2. The molecule has 1 atom stereocenters. The van der Waals surface area contributed by atoms with Crippen molar-refractivity contribution >= 4 is 5.91 Å². The minimum absolute atomic E-state index is 0.0391. The highest BCUT2D eigenvalue weighted by Crippen LogP contribution is 2.02. The van der Waals surface area contributed by atoms with Gasteiger partial charge >= 0.3 is 0 Å².